The van der Waals surface area contributed by atoms with Crippen LogP contribution in [-0.2, 0) is 18.4 Å². The molecule has 0 amide bonds. The van der Waals surface area contributed by atoms with Crippen molar-refractivity contribution < 1.29 is 0 Å². The van der Waals surface area contributed by atoms with Crippen molar-refractivity contribution >= 4 is 17.5 Å². The Morgan fingerprint density at radius 2 is 2.11 bits per heavy atom. The van der Waals surface area contributed by atoms with Crippen LogP contribution in [-0.4, -0.2) is 24.9 Å². The van der Waals surface area contributed by atoms with Crippen molar-refractivity contribution in [3.63, 3.8) is 0 Å². The molecular weight excluding hydrogens is 356 g/mol. The van der Waals surface area contributed by atoms with E-state index in [9.17, 15) is 4.79 Å². The summed E-state index contributed by atoms with van der Waals surface area (Å²) in [5.41, 5.74) is 3.60. The van der Waals surface area contributed by atoms with Gasteiger partial charge >= 0.3 is 0 Å². The summed E-state index contributed by atoms with van der Waals surface area (Å²) < 4.78 is 3.47. The topological polar surface area (TPSA) is 52.2 Å². The molecule has 27 heavy (non-hydrogen) atoms. The first-order valence-electron chi connectivity index (χ1n) is 9.34. The average Bonchev–Trinajstić information content (AvgIpc) is 2.97. The Kier molecular flexibility index (Phi) is 4.46. The number of allylic oxidation sites excluding steroid dienone is 1. The van der Waals surface area contributed by atoms with Crippen molar-refractivity contribution in [1.82, 2.24) is 19.2 Å². The molecule has 0 spiro atoms. The predicted octanol–water partition coefficient (Wildman–Crippen LogP) is 4.08. The van der Waals surface area contributed by atoms with E-state index in [0.717, 1.165) is 35.4 Å². The molecular formula is C21H24N4OS. The van der Waals surface area contributed by atoms with Crippen LogP contribution < -0.4 is 5.56 Å². The van der Waals surface area contributed by atoms with Crippen LogP contribution in [0.1, 0.15) is 38.3 Å². The van der Waals surface area contributed by atoms with Crippen LogP contribution in [0.2, 0.25) is 0 Å². The first-order valence-corrected chi connectivity index (χ1v) is 10.3. The standard InChI is InChI=1S/C21H24N4OS/c1-5-11-24-19-22-17-15-10-8-7-9-14(15)13-21(3,4)16(17)18(26)25(19)20(23-24)27-12-6-2/h5,7-10H,1,6,11-13H2,2-4H3. The number of hydrogen-bond donors (Lipinski definition) is 0. The van der Waals surface area contributed by atoms with Crippen LogP contribution in [0.15, 0.2) is 46.9 Å². The molecule has 3 aromatic rings. The first kappa shape index (κ1) is 18.0. The molecule has 0 bridgehead atoms. The molecule has 6 heteroatoms. The molecule has 0 unspecified atom stereocenters. The number of aromatic nitrogens is 4. The number of thioether (sulfide) groups is 1. The summed E-state index contributed by atoms with van der Waals surface area (Å²) in [6.45, 7) is 10.7. The van der Waals surface area contributed by atoms with Crippen LogP contribution in [0.3, 0.4) is 0 Å². The van der Waals surface area contributed by atoms with Crippen molar-refractivity contribution in [3.8, 4) is 11.3 Å². The Hall–Kier alpha value is -2.34. The van der Waals surface area contributed by atoms with Crippen LogP contribution in [0, 0.1) is 0 Å². The Bertz CT molecular complexity index is 1090. The van der Waals surface area contributed by atoms with Gasteiger partial charge in [0.2, 0.25) is 5.78 Å². The third kappa shape index (κ3) is 2.83. The predicted molar refractivity (Wildman–Crippen MR) is 111 cm³/mol. The maximum atomic E-state index is 13.6. The van der Waals surface area contributed by atoms with Gasteiger partial charge in [-0.05, 0) is 18.4 Å². The number of benzene rings is 1. The van der Waals surface area contributed by atoms with Crippen LogP contribution in [0.5, 0.6) is 0 Å². The van der Waals surface area contributed by atoms with Crippen molar-refractivity contribution in [2.24, 2.45) is 0 Å². The maximum Gasteiger partial charge on any atom is 0.265 e. The Morgan fingerprint density at radius 3 is 2.85 bits per heavy atom. The quantitative estimate of drug-likeness (QED) is 0.494. The second kappa shape index (κ2) is 6.68. The monoisotopic (exact) mass is 380 g/mol. The number of rotatable bonds is 5. The van der Waals surface area contributed by atoms with Gasteiger partial charge in [-0.2, -0.15) is 0 Å². The normalized spacial score (nSPS) is 14.8. The van der Waals surface area contributed by atoms with E-state index in [0.29, 0.717) is 17.5 Å². The number of fused-ring (bicyclic) bond motifs is 4. The Balaban J connectivity index is 2.08. The summed E-state index contributed by atoms with van der Waals surface area (Å²) in [7, 11) is 0. The lowest BCUT2D eigenvalue weighted by molar-refractivity contribution is 0.505. The van der Waals surface area contributed by atoms with Gasteiger partial charge in [0, 0.05) is 16.7 Å². The van der Waals surface area contributed by atoms with Crippen molar-refractivity contribution in [2.45, 2.75) is 50.7 Å². The summed E-state index contributed by atoms with van der Waals surface area (Å²) in [6, 6.07) is 8.25. The van der Waals surface area contributed by atoms with E-state index in [-0.39, 0.29) is 11.0 Å². The molecule has 1 aromatic carbocycles. The van der Waals surface area contributed by atoms with E-state index in [1.807, 2.05) is 12.1 Å². The molecule has 0 fully saturated rings. The van der Waals surface area contributed by atoms with Crippen molar-refractivity contribution in [2.75, 3.05) is 5.75 Å². The summed E-state index contributed by atoms with van der Waals surface area (Å²) in [5, 5.41) is 5.37. The minimum atomic E-state index is -0.276. The lowest BCUT2D eigenvalue weighted by Crippen LogP contribution is -2.36. The summed E-state index contributed by atoms with van der Waals surface area (Å²) in [4.78, 5) is 18.6. The largest absolute Gasteiger partial charge is 0.268 e. The van der Waals surface area contributed by atoms with Gasteiger partial charge in [-0.15, -0.1) is 11.7 Å². The van der Waals surface area contributed by atoms with E-state index in [1.54, 1.807) is 26.9 Å². The first-order chi connectivity index (χ1) is 13.0. The van der Waals surface area contributed by atoms with Gasteiger partial charge in [-0.3, -0.25) is 4.79 Å². The van der Waals surface area contributed by atoms with Crippen LogP contribution in [0.4, 0.5) is 0 Å². The van der Waals surface area contributed by atoms with E-state index in [1.165, 1.54) is 5.56 Å². The maximum absolute atomic E-state index is 13.6. The van der Waals surface area contributed by atoms with Gasteiger partial charge < -0.3 is 0 Å². The highest BCUT2D eigenvalue weighted by atomic mass is 32.2. The summed E-state index contributed by atoms with van der Waals surface area (Å²) in [5.74, 6) is 1.50. The zero-order valence-electron chi connectivity index (χ0n) is 16.0. The van der Waals surface area contributed by atoms with Gasteiger partial charge in [0.25, 0.3) is 5.56 Å². The van der Waals surface area contributed by atoms with Gasteiger partial charge in [0.15, 0.2) is 5.16 Å². The van der Waals surface area contributed by atoms with E-state index < -0.39 is 0 Å². The molecule has 2 aromatic heterocycles. The Labute approximate surface area is 163 Å². The Morgan fingerprint density at radius 1 is 1.33 bits per heavy atom. The van der Waals surface area contributed by atoms with E-state index >= 15 is 0 Å². The SMILES string of the molecule is C=CCn1nc(SCCC)n2c(=O)c3c(nc12)-c1ccccc1CC3(C)C. The van der Waals surface area contributed by atoms with Gasteiger partial charge in [0.05, 0.1) is 17.8 Å². The lowest BCUT2D eigenvalue weighted by Gasteiger charge is -2.32. The fourth-order valence-corrected chi connectivity index (χ4v) is 4.69. The molecule has 1 aliphatic rings. The molecule has 0 atom stereocenters. The molecule has 0 aliphatic heterocycles. The molecule has 2 heterocycles. The highest BCUT2D eigenvalue weighted by Gasteiger charge is 2.36. The van der Waals surface area contributed by atoms with Crippen LogP contribution in [0.25, 0.3) is 17.0 Å². The molecule has 0 radical (unpaired) electrons. The molecule has 4 rings (SSSR count). The van der Waals surface area contributed by atoms with Crippen LogP contribution >= 0.6 is 11.8 Å². The molecule has 0 saturated heterocycles. The lowest BCUT2D eigenvalue weighted by atomic mass is 9.72. The van der Waals surface area contributed by atoms with Gasteiger partial charge in [-0.1, -0.05) is 62.9 Å². The summed E-state index contributed by atoms with van der Waals surface area (Å²) >= 11 is 1.60. The fraction of sp³-hybridized carbons (Fsp3) is 0.381. The minimum Gasteiger partial charge on any atom is -0.268 e. The molecule has 5 nitrogen and oxygen atoms in total. The average molecular weight is 381 g/mol. The van der Waals surface area contributed by atoms with Gasteiger partial charge in [-0.25, -0.2) is 14.1 Å². The number of nitrogens with zero attached hydrogens (tertiary/aromatic N) is 4. The van der Waals surface area contributed by atoms with E-state index in [4.69, 9.17) is 4.98 Å². The second-order valence-corrected chi connectivity index (χ2v) is 8.66. The third-order valence-corrected chi connectivity index (χ3v) is 6.15. The van der Waals surface area contributed by atoms with Crippen molar-refractivity contribution in [3.05, 3.63) is 58.4 Å². The van der Waals surface area contributed by atoms with Gasteiger partial charge in [0.1, 0.15) is 0 Å². The summed E-state index contributed by atoms with van der Waals surface area (Å²) in [6.07, 6.45) is 3.63. The van der Waals surface area contributed by atoms with E-state index in [2.05, 4.69) is 44.6 Å². The molecule has 0 N–H and O–H groups in total. The molecule has 1 aliphatic carbocycles. The minimum absolute atomic E-state index is 0.00317. The zero-order chi connectivity index (χ0) is 19.2. The smallest absolute Gasteiger partial charge is 0.265 e. The highest BCUT2D eigenvalue weighted by Crippen LogP contribution is 2.40. The zero-order valence-corrected chi connectivity index (χ0v) is 16.8. The highest BCUT2D eigenvalue weighted by molar-refractivity contribution is 7.99. The molecule has 0 saturated carbocycles. The second-order valence-electron chi connectivity index (χ2n) is 7.60. The fourth-order valence-electron chi connectivity index (χ4n) is 3.85. The molecule has 140 valence electrons. The number of hydrogen-bond acceptors (Lipinski definition) is 4. The van der Waals surface area contributed by atoms with Crippen molar-refractivity contribution in [1.29, 1.82) is 0 Å². The third-order valence-electron chi connectivity index (χ3n) is 5.01.